The molecular weight excluding hydrogens is 119 g/mol. The van der Waals surface area contributed by atoms with Crippen molar-refractivity contribution >= 4 is 19.5 Å². The highest BCUT2D eigenvalue weighted by Crippen LogP contribution is 1.83. The fourth-order valence-electron chi connectivity index (χ4n) is 0.415. The number of carbonyl (C=O) groups is 2. The van der Waals surface area contributed by atoms with Gasteiger partial charge in [-0.2, -0.15) is 0 Å². The normalized spacial score (nSPS) is 8.56. The Hall–Kier alpha value is -0.795. The highest BCUT2D eigenvalue weighted by Gasteiger charge is 2.03. The SMILES string of the molecule is BC(=O)CC(=O)OCC. The molecule has 0 atom stereocenters. The van der Waals surface area contributed by atoms with E-state index < -0.39 is 5.97 Å². The summed E-state index contributed by atoms with van der Waals surface area (Å²) in [6.07, 6.45) is -0.103. The summed E-state index contributed by atoms with van der Waals surface area (Å²) in [5.74, 6) is -0.440. The van der Waals surface area contributed by atoms with Crippen LogP contribution < -0.4 is 0 Å². The summed E-state index contributed by atoms with van der Waals surface area (Å²) in [5, 5.41) is 0. The summed E-state index contributed by atoms with van der Waals surface area (Å²) in [6, 6.07) is 0. The molecule has 0 radical (unpaired) electrons. The Bertz CT molecular complexity index is 121. The molecule has 0 aliphatic rings. The van der Waals surface area contributed by atoms with Gasteiger partial charge in [0.2, 0.25) is 0 Å². The molecule has 0 aromatic rings. The minimum Gasteiger partial charge on any atom is -0.466 e. The second-order valence-electron chi connectivity index (χ2n) is 1.68. The van der Waals surface area contributed by atoms with E-state index in [-0.39, 0.29) is 12.1 Å². The van der Waals surface area contributed by atoms with Gasteiger partial charge in [-0.05, 0) is 6.92 Å². The van der Waals surface area contributed by atoms with Crippen LogP contribution in [0.1, 0.15) is 13.3 Å². The lowest BCUT2D eigenvalue weighted by atomic mass is 10.0. The summed E-state index contributed by atoms with van der Waals surface area (Å²) in [7, 11) is 1.36. The first-order valence-corrected chi connectivity index (χ1v) is 2.82. The van der Waals surface area contributed by atoms with Gasteiger partial charge in [0.25, 0.3) is 0 Å². The van der Waals surface area contributed by atoms with Gasteiger partial charge in [0.05, 0.1) is 18.7 Å². The lowest BCUT2D eigenvalue weighted by molar-refractivity contribution is -0.144. The molecule has 0 amide bonds. The molecule has 50 valence electrons. The summed E-state index contributed by atoms with van der Waals surface area (Å²) >= 11 is 0. The van der Waals surface area contributed by atoms with Crippen LogP contribution in [0.15, 0.2) is 0 Å². The van der Waals surface area contributed by atoms with E-state index in [4.69, 9.17) is 0 Å². The van der Waals surface area contributed by atoms with Gasteiger partial charge in [0.1, 0.15) is 0 Å². The number of hydrogen-bond acceptors (Lipinski definition) is 3. The Kier molecular flexibility index (Phi) is 3.76. The Morgan fingerprint density at radius 3 is 2.44 bits per heavy atom. The van der Waals surface area contributed by atoms with Crippen LogP contribution >= 0.6 is 0 Å². The molecule has 0 fully saturated rings. The summed E-state index contributed by atoms with van der Waals surface area (Å²) in [6.45, 7) is 2.05. The Morgan fingerprint density at radius 1 is 1.56 bits per heavy atom. The van der Waals surface area contributed by atoms with E-state index in [1.165, 1.54) is 7.85 Å². The first-order chi connectivity index (χ1) is 4.16. The van der Waals surface area contributed by atoms with Crippen molar-refractivity contribution < 1.29 is 14.3 Å². The van der Waals surface area contributed by atoms with Crippen molar-refractivity contribution in [3.05, 3.63) is 0 Å². The average Bonchev–Trinajstić information content (AvgIpc) is 1.63. The Morgan fingerprint density at radius 2 is 2.11 bits per heavy atom. The van der Waals surface area contributed by atoms with Gasteiger partial charge in [0, 0.05) is 0 Å². The van der Waals surface area contributed by atoms with E-state index in [1.54, 1.807) is 6.92 Å². The van der Waals surface area contributed by atoms with Gasteiger partial charge in [0.15, 0.2) is 7.85 Å². The van der Waals surface area contributed by atoms with Gasteiger partial charge in [-0.3, -0.25) is 4.79 Å². The molecular formula is C5H9BO3. The van der Waals surface area contributed by atoms with Crippen LogP contribution in [-0.2, 0) is 14.3 Å². The number of rotatable bonds is 3. The van der Waals surface area contributed by atoms with Crippen molar-refractivity contribution in [2.75, 3.05) is 6.61 Å². The molecule has 0 aliphatic carbocycles. The molecule has 4 heteroatoms. The lowest BCUT2D eigenvalue weighted by Gasteiger charge is -1.96. The van der Waals surface area contributed by atoms with Crippen LogP contribution in [-0.4, -0.2) is 26.1 Å². The van der Waals surface area contributed by atoms with Crippen LogP contribution in [0.2, 0.25) is 0 Å². The molecule has 0 aromatic heterocycles. The summed E-state index contributed by atoms with van der Waals surface area (Å²) in [5.41, 5.74) is -0.159. The molecule has 0 N–H and O–H groups in total. The topological polar surface area (TPSA) is 43.4 Å². The van der Waals surface area contributed by atoms with Gasteiger partial charge in [-0.1, -0.05) is 0 Å². The Labute approximate surface area is 54.8 Å². The van der Waals surface area contributed by atoms with Crippen LogP contribution in [0.4, 0.5) is 0 Å². The van der Waals surface area contributed by atoms with Crippen LogP contribution in [0.3, 0.4) is 0 Å². The number of hydrogen-bond donors (Lipinski definition) is 0. The minimum absolute atomic E-state index is 0.103. The minimum atomic E-state index is -0.440. The highest BCUT2D eigenvalue weighted by atomic mass is 16.5. The quantitative estimate of drug-likeness (QED) is 0.281. The van der Waals surface area contributed by atoms with Gasteiger partial charge < -0.3 is 9.53 Å². The van der Waals surface area contributed by atoms with Crippen molar-refractivity contribution in [2.24, 2.45) is 0 Å². The van der Waals surface area contributed by atoms with E-state index in [2.05, 4.69) is 4.74 Å². The zero-order valence-corrected chi connectivity index (χ0v) is 5.64. The maximum Gasteiger partial charge on any atom is 0.312 e. The fraction of sp³-hybridized carbons (Fsp3) is 0.600. The van der Waals surface area contributed by atoms with E-state index in [0.29, 0.717) is 6.61 Å². The van der Waals surface area contributed by atoms with Crippen molar-refractivity contribution in [1.82, 2.24) is 0 Å². The van der Waals surface area contributed by atoms with E-state index in [1.807, 2.05) is 0 Å². The molecule has 0 spiro atoms. The van der Waals surface area contributed by atoms with Crippen LogP contribution in [0.25, 0.3) is 0 Å². The van der Waals surface area contributed by atoms with Crippen LogP contribution in [0, 0.1) is 0 Å². The molecule has 0 saturated carbocycles. The molecule has 0 heterocycles. The fourth-order valence-corrected chi connectivity index (χ4v) is 0.415. The first-order valence-electron chi connectivity index (χ1n) is 2.82. The van der Waals surface area contributed by atoms with Crippen molar-refractivity contribution in [3.8, 4) is 0 Å². The molecule has 9 heavy (non-hydrogen) atoms. The third-order valence-corrected chi connectivity index (χ3v) is 0.699. The second kappa shape index (κ2) is 4.12. The van der Waals surface area contributed by atoms with Crippen molar-refractivity contribution in [1.29, 1.82) is 0 Å². The summed E-state index contributed by atoms with van der Waals surface area (Å²) < 4.78 is 4.49. The van der Waals surface area contributed by atoms with Crippen molar-refractivity contribution in [3.63, 3.8) is 0 Å². The lowest BCUT2D eigenvalue weighted by Crippen LogP contribution is -2.10. The molecule has 0 unspecified atom stereocenters. The number of ether oxygens (including phenoxy) is 1. The largest absolute Gasteiger partial charge is 0.466 e. The standard InChI is InChI=1S/C5H9BO3/c1-2-9-5(8)3-4(6)7/h2-3,6H2,1H3. The molecule has 0 aromatic carbocycles. The number of carbonyl (C=O) groups excluding carboxylic acids is 2. The molecule has 3 nitrogen and oxygen atoms in total. The summed E-state index contributed by atoms with van der Waals surface area (Å²) in [4.78, 5) is 20.6. The van der Waals surface area contributed by atoms with Gasteiger partial charge in [-0.15, -0.1) is 0 Å². The van der Waals surface area contributed by atoms with Gasteiger partial charge >= 0.3 is 5.97 Å². The molecule has 0 aliphatic heterocycles. The third kappa shape index (κ3) is 5.07. The highest BCUT2D eigenvalue weighted by molar-refractivity contribution is 6.59. The van der Waals surface area contributed by atoms with E-state index in [0.717, 1.165) is 0 Å². The van der Waals surface area contributed by atoms with E-state index >= 15 is 0 Å². The number of esters is 1. The maximum atomic E-state index is 10.4. The molecule has 0 rings (SSSR count). The average molecular weight is 128 g/mol. The predicted octanol–water partition coefficient (Wildman–Crippen LogP) is -0.901. The van der Waals surface area contributed by atoms with E-state index in [9.17, 15) is 9.59 Å². The Balaban J connectivity index is 3.39. The van der Waals surface area contributed by atoms with Crippen LogP contribution in [0.5, 0.6) is 0 Å². The molecule has 0 bridgehead atoms. The monoisotopic (exact) mass is 128 g/mol. The smallest absolute Gasteiger partial charge is 0.312 e. The maximum absolute atomic E-state index is 10.4. The first kappa shape index (κ1) is 8.20. The second-order valence-corrected chi connectivity index (χ2v) is 1.68. The van der Waals surface area contributed by atoms with Gasteiger partial charge in [-0.25, -0.2) is 0 Å². The third-order valence-electron chi connectivity index (χ3n) is 0.699. The van der Waals surface area contributed by atoms with Crippen molar-refractivity contribution in [2.45, 2.75) is 13.3 Å². The zero-order valence-electron chi connectivity index (χ0n) is 5.64. The molecule has 0 saturated heterocycles. The predicted molar refractivity (Wildman–Crippen MR) is 34.8 cm³/mol. The zero-order chi connectivity index (χ0) is 7.28.